The zero-order chi connectivity index (χ0) is 14.6. The molecule has 0 aliphatic heterocycles. The lowest BCUT2D eigenvalue weighted by Gasteiger charge is -2.20. The number of halogens is 2. The molecule has 7 heteroatoms. The molecule has 0 heterocycles. The molecular formula is C12H15ClFNO3S. The molecule has 0 atom stereocenters. The second kappa shape index (κ2) is 6.34. The van der Waals surface area contributed by atoms with E-state index in [1.54, 1.807) is 6.92 Å². The summed E-state index contributed by atoms with van der Waals surface area (Å²) in [7, 11) is 1.20. The normalized spacial score (nSPS) is 11.4. The Morgan fingerprint density at radius 2 is 2.00 bits per heavy atom. The summed E-state index contributed by atoms with van der Waals surface area (Å²) in [5, 5.41) is 0. The Balaban J connectivity index is 3.22. The summed E-state index contributed by atoms with van der Waals surface area (Å²) >= 11 is 0. The van der Waals surface area contributed by atoms with Gasteiger partial charge < -0.3 is 4.90 Å². The van der Waals surface area contributed by atoms with Crippen molar-refractivity contribution < 1.29 is 17.6 Å². The molecule has 0 saturated heterocycles. The fourth-order valence-electron chi connectivity index (χ4n) is 1.66. The molecule has 0 saturated carbocycles. The van der Waals surface area contributed by atoms with E-state index in [-0.39, 0.29) is 10.5 Å². The Bertz CT molecular complexity index is 574. The molecule has 1 aromatic carbocycles. The van der Waals surface area contributed by atoms with Crippen LogP contribution < -0.4 is 0 Å². The fourth-order valence-corrected chi connectivity index (χ4v) is 2.44. The first-order valence-corrected chi connectivity index (χ1v) is 8.15. The SMILES string of the molecule is CCCN(CC)C(=O)c1cc(S(=O)(=O)Cl)ccc1F. The van der Waals surface area contributed by atoms with E-state index in [0.717, 1.165) is 24.6 Å². The van der Waals surface area contributed by atoms with E-state index in [1.807, 2.05) is 6.92 Å². The molecular weight excluding hydrogens is 293 g/mol. The number of carbonyl (C=O) groups is 1. The first kappa shape index (κ1) is 15.9. The Labute approximate surface area is 116 Å². The Morgan fingerprint density at radius 1 is 1.37 bits per heavy atom. The lowest BCUT2D eigenvalue weighted by atomic mass is 10.2. The number of nitrogens with zero attached hydrogens (tertiary/aromatic N) is 1. The summed E-state index contributed by atoms with van der Waals surface area (Å²) in [6, 6.07) is 2.94. The van der Waals surface area contributed by atoms with E-state index in [0.29, 0.717) is 13.1 Å². The van der Waals surface area contributed by atoms with Crippen LogP contribution in [-0.2, 0) is 9.05 Å². The topological polar surface area (TPSA) is 54.5 Å². The van der Waals surface area contributed by atoms with Crippen molar-refractivity contribution in [3.05, 3.63) is 29.6 Å². The molecule has 1 aromatic rings. The lowest BCUT2D eigenvalue weighted by Crippen LogP contribution is -2.32. The largest absolute Gasteiger partial charge is 0.339 e. The van der Waals surface area contributed by atoms with Crippen molar-refractivity contribution in [2.24, 2.45) is 0 Å². The second-order valence-electron chi connectivity index (χ2n) is 3.96. The Kier molecular flexibility index (Phi) is 5.31. The average molecular weight is 308 g/mol. The maximum atomic E-state index is 13.7. The van der Waals surface area contributed by atoms with E-state index in [2.05, 4.69) is 0 Å². The third-order valence-corrected chi connectivity index (χ3v) is 3.96. The molecule has 0 spiro atoms. The van der Waals surface area contributed by atoms with Crippen LogP contribution in [0.5, 0.6) is 0 Å². The van der Waals surface area contributed by atoms with Crippen LogP contribution in [0.2, 0.25) is 0 Å². The molecule has 0 radical (unpaired) electrons. The highest BCUT2D eigenvalue weighted by Gasteiger charge is 2.21. The van der Waals surface area contributed by atoms with Gasteiger partial charge in [-0.3, -0.25) is 4.79 Å². The molecule has 19 heavy (non-hydrogen) atoms. The van der Waals surface area contributed by atoms with E-state index >= 15 is 0 Å². The third kappa shape index (κ3) is 3.91. The van der Waals surface area contributed by atoms with Gasteiger partial charge in [0.25, 0.3) is 15.0 Å². The molecule has 0 bridgehead atoms. The number of rotatable bonds is 5. The zero-order valence-electron chi connectivity index (χ0n) is 10.7. The molecule has 0 unspecified atom stereocenters. The molecule has 106 valence electrons. The van der Waals surface area contributed by atoms with Gasteiger partial charge in [0.2, 0.25) is 0 Å². The number of hydrogen-bond acceptors (Lipinski definition) is 3. The summed E-state index contributed by atoms with van der Waals surface area (Å²) in [4.78, 5) is 13.3. The molecule has 0 fully saturated rings. The van der Waals surface area contributed by atoms with Gasteiger partial charge in [0, 0.05) is 23.8 Å². The van der Waals surface area contributed by atoms with Crippen LogP contribution in [0.25, 0.3) is 0 Å². The minimum absolute atomic E-state index is 0.281. The van der Waals surface area contributed by atoms with Crippen LogP contribution in [-0.4, -0.2) is 32.3 Å². The average Bonchev–Trinajstić information content (AvgIpc) is 2.34. The van der Waals surface area contributed by atoms with Crippen LogP contribution in [0.1, 0.15) is 30.6 Å². The number of benzene rings is 1. The van der Waals surface area contributed by atoms with Crippen LogP contribution in [0.15, 0.2) is 23.1 Å². The van der Waals surface area contributed by atoms with Crippen LogP contribution in [0, 0.1) is 5.82 Å². The standard InChI is InChI=1S/C12H15ClFNO3S/c1-3-7-15(4-2)12(16)10-8-9(19(13,17)18)5-6-11(10)14/h5-6,8H,3-4,7H2,1-2H3. The van der Waals surface area contributed by atoms with Crippen molar-refractivity contribution in [1.29, 1.82) is 0 Å². The molecule has 0 aliphatic rings. The number of hydrogen-bond donors (Lipinski definition) is 0. The summed E-state index contributed by atoms with van der Waals surface area (Å²) in [6.45, 7) is 4.57. The Hall–Kier alpha value is -1.14. The highest BCUT2D eigenvalue weighted by Crippen LogP contribution is 2.20. The van der Waals surface area contributed by atoms with Gasteiger partial charge in [-0.25, -0.2) is 12.8 Å². The van der Waals surface area contributed by atoms with E-state index in [4.69, 9.17) is 10.7 Å². The van der Waals surface area contributed by atoms with Crippen molar-refractivity contribution in [2.75, 3.05) is 13.1 Å². The van der Waals surface area contributed by atoms with Gasteiger partial charge in [-0.2, -0.15) is 0 Å². The van der Waals surface area contributed by atoms with Crippen molar-refractivity contribution in [3.63, 3.8) is 0 Å². The summed E-state index contributed by atoms with van der Waals surface area (Å²) in [5.41, 5.74) is -0.281. The van der Waals surface area contributed by atoms with Gasteiger partial charge in [0.15, 0.2) is 0 Å². The first-order valence-electron chi connectivity index (χ1n) is 5.84. The third-order valence-electron chi connectivity index (χ3n) is 2.61. The van der Waals surface area contributed by atoms with E-state index < -0.39 is 20.8 Å². The van der Waals surface area contributed by atoms with Crippen LogP contribution >= 0.6 is 10.7 Å². The minimum atomic E-state index is -3.99. The summed E-state index contributed by atoms with van der Waals surface area (Å²) in [6.07, 6.45) is 0.731. The predicted octanol–water partition coefficient (Wildman–Crippen LogP) is 2.63. The maximum absolute atomic E-state index is 13.7. The monoisotopic (exact) mass is 307 g/mol. The van der Waals surface area contributed by atoms with Crippen molar-refractivity contribution in [2.45, 2.75) is 25.2 Å². The van der Waals surface area contributed by atoms with Crippen molar-refractivity contribution in [1.82, 2.24) is 4.90 Å². The van der Waals surface area contributed by atoms with E-state index in [1.165, 1.54) is 4.90 Å². The van der Waals surface area contributed by atoms with Gasteiger partial charge >= 0.3 is 0 Å². The molecule has 1 amide bonds. The van der Waals surface area contributed by atoms with Gasteiger partial charge in [0.05, 0.1) is 10.5 Å². The van der Waals surface area contributed by atoms with Crippen LogP contribution in [0.4, 0.5) is 4.39 Å². The predicted molar refractivity (Wildman–Crippen MR) is 71.3 cm³/mol. The summed E-state index contributed by atoms with van der Waals surface area (Å²) in [5.74, 6) is -1.30. The molecule has 4 nitrogen and oxygen atoms in total. The second-order valence-corrected chi connectivity index (χ2v) is 6.53. The smallest absolute Gasteiger partial charge is 0.261 e. The molecule has 0 aliphatic carbocycles. The van der Waals surface area contributed by atoms with Gasteiger partial charge in [-0.15, -0.1) is 0 Å². The van der Waals surface area contributed by atoms with Crippen molar-refractivity contribution in [3.8, 4) is 0 Å². The number of amides is 1. The van der Waals surface area contributed by atoms with Gasteiger partial charge in [-0.05, 0) is 31.5 Å². The van der Waals surface area contributed by atoms with Gasteiger partial charge in [0.1, 0.15) is 5.82 Å². The Morgan fingerprint density at radius 3 is 2.47 bits per heavy atom. The lowest BCUT2D eigenvalue weighted by molar-refractivity contribution is 0.0759. The van der Waals surface area contributed by atoms with Crippen LogP contribution in [0.3, 0.4) is 0 Å². The first-order chi connectivity index (χ1) is 8.81. The molecule has 0 N–H and O–H groups in total. The van der Waals surface area contributed by atoms with Crippen molar-refractivity contribution >= 4 is 25.6 Å². The number of carbonyl (C=O) groups excluding carboxylic acids is 1. The molecule has 1 rings (SSSR count). The zero-order valence-corrected chi connectivity index (χ0v) is 12.3. The fraction of sp³-hybridized carbons (Fsp3) is 0.417. The highest BCUT2D eigenvalue weighted by atomic mass is 35.7. The van der Waals surface area contributed by atoms with Gasteiger partial charge in [-0.1, -0.05) is 6.92 Å². The minimum Gasteiger partial charge on any atom is -0.339 e. The molecule has 0 aromatic heterocycles. The highest BCUT2D eigenvalue weighted by molar-refractivity contribution is 8.13. The summed E-state index contributed by atoms with van der Waals surface area (Å²) < 4.78 is 36.1. The van der Waals surface area contributed by atoms with E-state index in [9.17, 15) is 17.6 Å². The quantitative estimate of drug-likeness (QED) is 0.786. The maximum Gasteiger partial charge on any atom is 0.261 e.